The van der Waals surface area contributed by atoms with E-state index in [2.05, 4.69) is 24.5 Å². The minimum Gasteiger partial charge on any atom is -0.314 e. The van der Waals surface area contributed by atoms with Gasteiger partial charge >= 0.3 is 0 Å². The van der Waals surface area contributed by atoms with E-state index in [-0.39, 0.29) is 0 Å². The zero-order valence-corrected chi connectivity index (χ0v) is 10.3. The lowest BCUT2D eigenvalue weighted by atomic mass is 9.83. The highest BCUT2D eigenvalue weighted by Crippen LogP contribution is 2.28. The van der Waals surface area contributed by atoms with Gasteiger partial charge in [-0.15, -0.1) is 0 Å². The molecule has 2 unspecified atom stereocenters. The minimum atomic E-state index is 0.445. The smallest absolute Gasteiger partial charge is 0.0153 e. The first kappa shape index (κ1) is 11.4. The molecule has 0 radical (unpaired) electrons. The average Bonchev–Trinajstić information content (AvgIpc) is 2.62. The Hall–Kier alpha value is -0.0800. The van der Waals surface area contributed by atoms with Crippen molar-refractivity contribution in [3.63, 3.8) is 0 Å². The molecule has 0 aromatic heterocycles. The summed E-state index contributed by atoms with van der Waals surface area (Å²) in [4.78, 5) is 0. The minimum absolute atomic E-state index is 0.445. The molecule has 2 atom stereocenters. The Bertz CT molecular complexity index is 197. The molecule has 2 aliphatic rings. The van der Waals surface area contributed by atoms with Crippen molar-refractivity contribution in [3.05, 3.63) is 0 Å². The molecule has 0 aromatic carbocycles. The van der Waals surface area contributed by atoms with Crippen molar-refractivity contribution in [1.82, 2.24) is 10.6 Å². The maximum atomic E-state index is 3.83. The molecule has 2 fully saturated rings. The van der Waals surface area contributed by atoms with Crippen LogP contribution in [-0.2, 0) is 0 Å². The van der Waals surface area contributed by atoms with Crippen molar-refractivity contribution >= 4 is 0 Å². The zero-order chi connectivity index (χ0) is 10.7. The Morgan fingerprint density at radius 3 is 2.60 bits per heavy atom. The summed E-state index contributed by atoms with van der Waals surface area (Å²) < 4.78 is 0. The molecular formula is C13H26N2. The lowest BCUT2D eigenvalue weighted by Crippen LogP contribution is -2.47. The zero-order valence-electron chi connectivity index (χ0n) is 10.3. The van der Waals surface area contributed by atoms with E-state index in [9.17, 15) is 0 Å². The van der Waals surface area contributed by atoms with Crippen molar-refractivity contribution in [2.24, 2.45) is 5.92 Å². The van der Waals surface area contributed by atoms with Crippen LogP contribution in [0, 0.1) is 5.92 Å². The summed E-state index contributed by atoms with van der Waals surface area (Å²) in [6.07, 6.45) is 8.38. The van der Waals surface area contributed by atoms with Crippen LogP contribution in [0.2, 0.25) is 0 Å². The molecule has 2 nitrogen and oxygen atoms in total. The quantitative estimate of drug-likeness (QED) is 0.747. The first-order valence-corrected chi connectivity index (χ1v) is 6.68. The molecule has 2 heteroatoms. The van der Waals surface area contributed by atoms with Gasteiger partial charge in [0.1, 0.15) is 0 Å². The normalized spacial score (nSPS) is 35.6. The van der Waals surface area contributed by atoms with Gasteiger partial charge in [0.2, 0.25) is 0 Å². The van der Waals surface area contributed by atoms with Crippen LogP contribution in [0.4, 0.5) is 0 Å². The van der Waals surface area contributed by atoms with Crippen LogP contribution in [0.25, 0.3) is 0 Å². The summed E-state index contributed by atoms with van der Waals surface area (Å²) in [6.45, 7) is 7.16. The first-order chi connectivity index (χ1) is 7.20. The largest absolute Gasteiger partial charge is 0.314 e. The SMILES string of the molecule is CC1NCCC1CNC1(C)CCCCC1. The van der Waals surface area contributed by atoms with E-state index in [1.165, 1.54) is 51.6 Å². The molecule has 0 aromatic rings. The molecule has 1 saturated carbocycles. The van der Waals surface area contributed by atoms with Gasteiger partial charge in [0, 0.05) is 11.6 Å². The van der Waals surface area contributed by atoms with E-state index < -0.39 is 0 Å². The molecule has 2 N–H and O–H groups in total. The van der Waals surface area contributed by atoms with Crippen LogP contribution in [0.1, 0.15) is 52.4 Å². The van der Waals surface area contributed by atoms with Gasteiger partial charge in [-0.1, -0.05) is 19.3 Å². The third-order valence-corrected chi connectivity index (χ3v) is 4.44. The fourth-order valence-electron chi connectivity index (χ4n) is 3.08. The van der Waals surface area contributed by atoms with Crippen LogP contribution < -0.4 is 10.6 Å². The number of hydrogen-bond acceptors (Lipinski definition) is 2. The Kier molecular flexibility index (Phi) is 3.68. The second-order valence-corrected chi connectivity index (χ2v) is 5.79. The van der Waals surface area contributed by atoms with Crippen LogP contribution in [0.3, 0.4) is 0 Å². The van der Waals surface area contributed by atoms with Gasteiger partial charge in [0.15, 0.2) is 0 Å². The van der Waals surface area contributed by atoms with E-state index in [0.29, 0.717) is 11.6 Å². The standard InChI is InChI=1S/C13H26N2/c1-11-12(6-9-14-11)10-15-13(2)7-4-3-5-8-13/h11-12,14-15H,3-10H2,1-2H3. The van der Waals surface area contributed by atoms with Gasteiger partial charge in [0.25, 0.3) is 0 Å². The average molecular weight is 210 g/mol. The lowest BCUT2D eigenvalue weighted by molar-refractivity contribution is 0.237. The Balaban J connectivity index is 1.76. The van der Waals surface area contributed by atoms with Gasteiger partial charge < -0.3 is 10.6 Å². The molecule has 88 valence electrons. The third-order valence-electron chi connectivity index (χ3n) is 4.44. The molecular weight excluding hydrogens is 184 g/mol. The number of nitrogens with one attached hydrogen (secondary N) is 2. The fourth-order valence-corrected chi connectivity index (χ4v) is 3.08. The van der Waals surface area contributed by atoms with Crippen molar-refractivity contribution in [2.75, 3.05) is 13.1 Å². The summed E-state index contributed by atoms with van der Waals surface area (Å²) in [5.41, 5.74) is 0.445. The van der Waals surface area contributed by atoms with Gasteiger partial charge in [-0.3, -0.25) is 0 Å². The second kappa shape index (κ2) is 4.84. The highest BCUT2D eigenvalue weighted by atomic mass is 15.0. The fraction of sp³-hybridized carbons (Fsp3) is 1.00. The molecule has 0 amide bonds. The van der Waals surface area contributed by atoms with Crippen molar-refractivity contribution in [3.8, 4) is 0 Å². The molecule has 15 heavy (non-hydrogen) atoms. The summed E-state index contributed by atoms with van der Waals surface area (Å²) in [6, 6.07) is 0.713. The Morgan fingerprint density at radius 2 is 2.00 bits per heavy atom. The van der Waals surface area contributed by atoms with Gasteiger partial charge in [-0.2, -0.15) is 0 Å². The molecule has 0 spiro atoms. The summed E-state index contributed by atoms with van der Waals surface area (Å²) >= 11 is 0. The summed E-state index contributed by atoms with van der Waals surface area (Å²) in [5.74, 6) is 0.851. The maximum absolute atomic E-state index is 3.83. The monoisotopic (exact) mass is 210 g/mol. The second-order valence-electron chi connectivity index (χ2n) is 5.79. The Labute approximate surface area is 94.2 Å². The molecule has 1 heterocycles. The summed E-state index contributed by atoms with van der Waals surface area (Å²) in [7, 11) is 0. The maximum Gasteiger partial charge on any atom is 0.0153 e. The number of rotatable bonds is 3. The predicted octanol–water partition coefficient (Wildman–Crippen LogP) is 2.30. The summed E-state index contributed by atoms with van der Waals surface area (Å²) in [5, 5.41) is 7.36. The molecule has 2 rings (SSSR count). The first-order valence-electron chi connectivity index (χ1n) is 6.68. The van der Waals surface area contributed by atoms with Crippen LogP contribution in [-0.4, -0.2) is 24.7 Å². The van der Waals surface area contributed by atoms with Crippen molar-refractivity contribution in [2.45, 2.75) is 64.0 Å². The predicted molar refractivity (Wildman–Crippen MR) is 65.1 cm³/mol. The van der Waals surface area contributed by atoms with Gasteiger partial charge in [0.05, 0.1) is 0 Å². The van der Waals surface area contributed by atoms with Crippen LogP contribution >= 0.6 is 0 Å². The van der Waals surface area contributed by atoms with E-state index in [4.69, 9.17) is 0 Å². The third kappa shape index (κ3) is 2.94. The van der Waals surface area contributed by atoms with E-state index in [1.807, 2.05) is 0 Å². The Morgan fingerprint density at radius 1 is 1.27 bits per heavy atom. The highest BCUT2D eigenvalue weighted by Gasteiger charge is 2.29. The molecule has 1 aliphatic heterocycles. The van der Waals surface area contributed by atoms with Crippen molar-refractivity contribution < 1.29 is 0 Å². The molecule has 1 saturated heterocycles. The topological polar surface area (TPSA) is 24.1 Å². The van der Waals surface area contributed by atoms with Gasteiger partial charge in [-0.25, -0.2) is 0 Å². The highest BCUT2D eigenvalue weighted by molar-refractivity contribution is 4.89. The van der Waals surface area contributed by atoms with Crippen molar-refractivity contribution in [1.29, 1.82) is 0 Å². The van der Waals surface area contributed by atoms with Gasteiger partial charge in [-0.05, 0) is 52.1 Å². The van der Waals surface area contributed by atoms with E-state index in [1.54, 1.807) is 0 Å². The number of hydrogen-bond donors (Lipinski definition) is 2. The molecule has 1 aliphatic carbocycles. The van der Waals surface area contributed by atoms with E-state index in [0.717, 1.165) is 5.92 Å². The van der Waals surface area contributed by atoms with E-state index >= 15 is 0 Å². The van der Waals surface area contributed by atoms with Crippen LogP contribution in [0.15, 0.2) is 0 Å². The van der Waals surface area contributed by atoms with Crippen LogP contribution in [0.5, 0.6) is 0 Å². The molecule has 0 bridgehead atoms. The lowest BCUT2D eigenvalue weighted by Gasteiger charge is -2.36.